The van der Waals surface area contributed by atoms with E-state index in [2.05, 4.69) is 10.3 Å². The number of benzene rings is 1. The number of nitrogens with one attached hydrogen (secondary N) is 1. The van der Waals surface area contributed by atoms with Crippen molar-refractivity contribution in [2.45, 2.75) is 27.3 Å². The summed E-state index contributed by atoms with van der Waals surface area (Å²) in [5.74, 6) is 0.377. The summed E-state index contributed by atoms with van der Waals surface area (Å²) in [4.78, 5) is 32.9. The van der Waals surface area contributed by atoms with Crippen LogP contribution >= 0.6 is 11.3 Å². The van der Waals surface area contributed by atoms with Gasteiger partial charge in [-0.15, -0.1) is 11.3 Å². The number of nitrogens with zero attached hydrogens (tertiary/aromatic N) is 3. The minimum atomic E-state index is -0.282. The fourth-order valence-corrected chi connectivity index (χ4v) is 3.91. The third kappa shape index (κ3) is 5.80. The lowest BCUT2D eigenvalue weighted by Gasteiger charge is -2.09. The van der Waals surface area contributed by atoms with Crippen molar-refractivity contribution in [1.82, 2.24) is 14.8 Å². The topological polar surface area (TPSA) is 79.8 Å². The van der Waals surface area contributed by atoms with Gasteiger partial charge in [-0.3, -0.25) is 9.59 Å². The number of aryl methyl sites for hydroxylation is 2. The number of aromatic nitrogens is 1. The number of carbonyl (C=O) groups is 2. The number of thiazole rings is 1. The Balaban J connectivity index is 1.80. The molecule has 0 unspecified atom stereocenters. The van der Waals surface area contributed by atoms with Crippen LogP contribution in [-0.2, 0) is 6.54 Å². The van der Waals surface area contributed by atoms with E-state index in [9.17, 15) is 9.59 Å². The molecule has 8 heteroatoms. The molecule has 2 amide bonds. The monoisotopic (exact) mass is 440 g/mol. The molecule has 0 spiro atoms. The second-order valence-electron chi connectivity index (χ2n) is 7.72. The van der Waals surface area contributed by atoms with Gasteiger partial charge in [0.1, 0.15) is 5.76 Å². The first-order valence-corrected chi connectivity index (χ1v) is 10.9. The van der Waals surface area contributed by atoms with E-state index in [0.717, 1.165) is 22.7 Å². The molecule has 7 nitrogen and oxygen atoms in total. The largest absolute Gasteiger partial charge is 0.454 e. The molecule has 2 aromatic heterocycles. The minimum absolute atomic E-state index is 0.240. The number of likely N-dealkylation sites (N-methyl/N-ethyl adjacent to an activating group) is 1. The maximum atomic E-state index is 12.6. The molecule has 0 aliphatic carbocycles. The summed E-state index contributed by atoms with van der Waals surface area (Å²) in [5, 5.41) is 2.84. The zero-order chi connectivity index (χ0) is 22.5. The molecule has 0 radical (unpaired) electrons. The molecule has 0 atom stereocenters. The van der Waals surface area contributed by atoms with Gasteiger partial charge in [0.05, 0.1) is 6.54 Å². The second-order valence-corrected chi connectivity index (χ2v) is 8.90. The van der Waals surface area contributed by atoms with Gasteiger partial charge in [0, 0.05) is 29.2 Å². The maximum Gasteiger partial charge on any atom is 0.287 e. The zero-order valence-electron chi connectivity index (χ0n) is 18.6. The molecular formula is C23H28N4O3S. The smallest absolute Gasteiger partial charge is 0.287 e. The van der Waals surface area contributed by atoms with Crippen LogP contribution in [0, 0.1) is 20.8 Å². The third-order valence-electron chi connectivity index (χ3n) is 4.93. The first kappa shape index (κ1) is 22.7. The van der Waals surface area contributed by atoms with E-state index in [0.29, 0.717) is 29.2 Å². The van der Waals surface area contributed by atoms with Crippen LogP contribution in [0.5, 0.6) is 0 Å². The Labute approximate surface area is 186 Å². The van der Waals surface area contributed by atoms with Gasteiger partial charge in [0.25, 0.3) is 11.8 Å². The predicted octanol–water partition coefficient (Wildman–Crippen LogP) is 3.15. The molecule has 1 aromatic carbocycles. The predicted molar refractivity (Wildman–Crippen MR) is 122 cm³/mol. The van der Waals surface area contributed by atoms with Crippen molar-refractivity contribution in [3.8, 4) is 0 Å². The van der Waals surface area contributed by atoms with Crippen LogP contribution in [0.15, 0.2) is 45.8 Å². The standard InChI is InChI=1S/C23H28N4O3S/c1-15-6-8-18(9-7-15)21(28)25-23-27(16(2)17(3)31-23)14-19-10-11-20(30-19)22(29)24-12-13-26(4)5/h6-11H,12-14H2,1-5H3,(H,24,29). The molecule has 0 aliphatic rings. The summed E-state index contributed by atoms with van der Waals surface area (Å²) in [5.41, 5.74) is 2.65. The Morgan fingerprint density at radius 1 is 1.10 bits per heavy atom. The molecule has 1 N–H and O–H groups in total. The summed E-state index contributed by atoms with van der Waals surface area (Å²) in [6.45, 7) is 7.65. The highest BCUT2D eigenvalue weighted by Crippen LogP contribution is 2.15. The Bertz CT molecular complexity index is 1140. The molecule has 0 saturated heterocycles. The van der Waals surface area contributed by atoms with Crippen LogP contribution < -0.4 is 10.1 Å². The number of amides is 2. The Hall–Kier alpha value is -2.97. The number of rotatable bonds is 7. The van der Waals surface area contributed by atoms with Crippen molar-refractivity contribution >= 4 is 23.2 Å². The number of hydrogen-bond acceptors (Lipinski definition) is 5. The Morgan fingerprint density at radius 3 is 2.48 bits per heavy atom. The molecule has 2 heterocycles. The molecule has 164 valence electrons. The van der Waals surface area contributed by atoms with Crippen molar-refractivity contribution < 1.29 is 14.0 Å². The van der Waals surface area contributed by atoms with E-state index < -0.39 is 0 Å². The summed E-state index contributed by atoms with van der Waals surface area (Å²) >= 11 is 1.46. The van der Waals surface area contributed by atoms with Crippen LogP contribution in [0.1, 0.15) is 42.8 Å². The van der Waals surface area contributed by atoms with Crippen molar-refractivity contribution in [3.63, 3.8) is 0 Å². The highest BCUT2D eigenvalue weighted by Gasteiger charge is 2.14. The molecule has 3 aromatic rings. The summed E-state index contributed by atoms with van der Waals surface area (Å²) in [7, 11) is 3.90. The number of hydrogen-bond donors (Lipinski definition) is 1. The van der Waals surface area contributed by atoms with Gasteiger partial charge in [0.15, 0.2) is 10.6 Å². The van der Waals surface area contributed by atoms with E-state index in [1.165, 1.54) is 11.3 Å². The first-order chi connectivity index (χ1) is 14.7. The van der Waals surface area contributed by atoms with Gasteiger partial charge >= 0.3 is 0 Å². The number of furan rings is 1. The van der Waals surface area contributed by atoms with Crippen LogP contribution in [0.4, 0.5) is 0 Å². The maximum absolute atomic E-state index is 12.6. The lowest BCUT2D eigenvalue weighted by molar-refractivity contribution is 0.0921. The van der Waals surface area contributed by atoms with E-state index in [-0.39, 0.29) is 17.6 Å². The van der Waals surface area contributed by atoms with Gasteiger partial charge < -0.3 is 19.2 Å². The number of carbonyl (C=O) groups excluding carboxylic acids is 2. The van der Waals surface area contributed by atoms with E-state index in [1.54, 1.807) is 24.3 Å². The van der Waals surface area contributed by atoms with Crippen molar-refractivity contribution in [2.24, 2.45) is 4.99 Å². The summed E-state index contributed by atoms with van der Waals surface area (Å²) < 4.78 is 7.70. The Morgan fingerprint density at radius 2 is 1.81 bits per heavy atom. The summed E-state index contributed by atoms with van der Waals surface area (Å²) in [6, 6.07) is 10.8. The molecular weight excluding hydrogens is 412 g/mol. The van der Waals surface area contributed by atoms with Crippen LogP contribution in [0.2, 0.25) is 0 Å². The van der Waals surface area contributed by atoms with Gasteiger partial charge in [-0.25, -0.2) is 0 Å². The highest BCUT2D eigenvalue weighted by molar-refractivity contribution is 7.09. The molecule has 0 saturated carbocycles. The molecule has 0 fully saturated rings. The lowest BCUT2D eigenvalue weighted by atomic mass is 10.1. The molecule has 31 heavy (non-hydrogen) atoms. The van der Waals surface area contributed by atoms with Gasteiger partial charge in [0.2, 0.25) is 0 Å². The van der Waals surface area contributed by atoms with Gasteiger partial charge in [-0.2, -0.15) is 4.99 Å². The van der Waals surface area contributed by atoms with Crippen molar-refractivity contribution in [3.05, 3.63) is 74.4 Å². The summed E-state index contributed by atoms with van der Waals surface area (Å²) in [6.07, 6.45) is 0. The average molecular weight is 441 g/mol. The molecule has 3 rings (SSSR count). The normalized spacial score (nSPS) is 11.9. The van der Waals surface area contributed by atoms with Crippen molar-refractivity contribution in [2.75, 3.05) is 27.2 Å². The van der Waals surface area contributed by atoms with E-state index in [4.69, 9.17) is 4.42 Å². The average Bonchev–Trinajstić information content (AvgIpc) is 3.29. The Kier molecular flexibility index (Phi) is 7.25. The van der Waals surface area contributed by atoms with Crippen LogP contribution in [-0.4, -0.2) is 48.5 Å². The van der Waals surface area contributed by atoms with Crippen LogP contribution in [0.25, 0.3) is 0 Å². The van der Waals surface area contributed by atoms with Gasteiger partial charge in [-0.05, 0) is 59.1 Å². The molecule has 0 bridgehead atoms. The highest BCUT2D eigenvalue weighted by atomic mass is 32.1. The first-order valence-electron chi connectivity index (χ1n) is 10.1. The quantitative estimate of drug-likeness (QED) is 0.612. The fraction of sp³-hybridized carbons (Fsp3) is 0.348. The van der Waals surface area contributed by atoms with E-state index >= 15 is 0 Å². The van der Waals surface area contributed by atoms with Crippen LogP contribution in [0.3, 0.4) is 0 Å². The fourth-order valence-electron chi connectivity index (χ4n) is 2.94. The lowest BCUT2D eigenvalue weighted by Crippen LogP contribution is -2.31. The minimum Gasteiger partial charge on any atom is -0.454 e. The molecule has 0 aliphatic heterocycles. The SMILES string of the molecule is Cc1ccc(C(=O)N=c2sc(C)c(C)n2Cc2ccc(C(=O)NCCN(C)C)o2)cc1. The van der Waals surface area contributed by atoms with Crippen molar-refractivity contribution in [1.29, 1.82) is 0 Å². The second kappa shape index (κ2) is 9.89. The third-order valence-corrected chi connectivity index (χ3v) is 6.03. The van der Waals surface area contributed by atoms with E-state index in [1.807, 2.05) is 56.5 Å². The van der Waals surface area contributed by atoms with Gasteiger partial charge in [-0.1, -0.05) is 17.7 Å². The zero-order valence-corrected chi connectivity index (χ0v) is 19.4.